The Balaban J connectivity index is 1.61. The highest BCUT2D eigenvalue weighted by atomic mass is 19.1. The van der Waals surface area contributed by atoms with Gasteiger partial charge in [-0.15, -0.1) is 0 Å². The van der Waals surface area contributed by atoms with E-state index in [1.807, 2.05) is 11.9 Å². The summed E-state index contributed by atoms with van der Waals surface area (Å²) < 4.78 is 13.8. The molecule has 0 unspecified atom stereocenters. The van der Waals surface area contributed by atoms with Crippen LogP contribution in [0.1, 0.15) is 18.4 Å². The molecule has 0 aromatic heterocycles. The van der Waals surface area contributed by atoms with E-state index >= 15 is 0 Å². The lowest BCUT2D eigenvalue weighted by Crippen LogP contribution is -2.47. The summed E-state index contributed by atoms with van der Waals surface area (Å²) in [6.45, 7) is 7.45. The SMILES string of the molecule is C=C1C/C(=C/c2ccccc2F)C(=O)N1CCC(=O)N1CCN(C)CC1. The second-order valence-corrected chi connectivity index (χ2v) is 6.82. The Labute approximate surface area is 153 Å². The van der Waals surface area contributed by atoms with E-state index in [9.17, 15) is 14.0 Å². The average molecular weight is 357 g/mol. The molecular formula is C20H24FN3O2. The van der Waals surface area contributed by atoms with Crippen molar-refractivity contribution in [2.45, 2.75) is 12.8 Å². The van der Waals surface area contributed by atoms with Gasteiger partial charge < -0.3 is 14.7 Å². The van der Waals surface area contributed by atoms with Gasteiger partial charge in [0.1, 0.15) is 5.82 Å². The molecule has 2 fully saturated rings. The zero-order chi connectivity index (χ0) is 18.7. The number of likely N-dealkylation sites (N-methyl/N-ethyl adjacent to an activating group) is 1. The summed E-state index contributed by atoms with van der Waals surface area (Å²) in [6.07, 6.45) is 2.24. The van der Waals surface area contributed by atoms with Gasteiger partial charge in [0.15, 0.2) is 0 Å². The van der Waals surface area contributed by atoms with E-state index in [-0.39, 0.29) is 24.1 Å². The number of allylic oxidation sites excluding steroid dienone is 1. The molecule has 0 N–H and O–H groups in total. The summed E-state index contributed by atoms with van der Waals surface area (Å²) in [4.78, 5) is 30.6. The lowest BCUT2D eigenvalue weighted by molar-refractivity contribution is -0.133. The molecule has 1 aromatic rings. The fraction of sp³-hybridized carbons (Fsp3) is 0.400. The normalized spacial score (nSPS) is 20.3. The third-order valence-electron chi connectivity index (χ3n) is 4.94. The number of piperazine rings is 1. The number of hydrogen-bond acceptors (Lipinski definition) is 3. The van der Waals surface area contributed by atoms with Crippen LogP contribution in [0.5, 0.6) is 0 Å². The molecule has 2 saturated heterocycles. The number of hydrogen-bond donors (Lipinski definition) is 0. The molecule has 2 amide bonds. The standard InChI is InChI=1S/C20H24FN3O2/c1-15-13-17(14-16-5-3-4-6-18(16)21)20(26)24(15)8-7-19(25)23-11-9-22(2)10-12-23/h3-6,14H,1,7-13H2,2H3/b17-14-. The molecule has 26 heavy (non-hydrogen) atoms. The van der Waals surface area contributed by atoms with Gasteiger partial charge in [-0.25, -0.2) is 4.39 Å². The second kappa shape index (κ2) is 7.83. The van der Waals surface area contributed by atoms with Crippen molar-refractivity contribution in [1.29, 1.82) is 0 Å². The van der Waals surface area contributed by atoms with Crippen molar-refractivity contribution in [3.05, 3.63) is 53.5 Å². The smallest absolute Gasteiger partial charge is 0.254 e. The summed E-state index contributed by atoms with van der Waals surface area (Å²) in [7, 11) is 2.04. The van der Waals surface area contributed by atoms with Gasteiger partial charge in [-0.1, -0.05) is 24.8 Å². The summed E-state index contributed by atoms with van der Waals surface area (Å²) in [6, 6.07) is 6.35. The van der Waals surface area contributed by atoms with E-state index in [0.29, 0.717) is 29.8 Å². The molecule has 0 aliphatic carbocycles. The molecule has 138 valence electrons. The van der Waals surface area contributed by atoms with Crippen molar-refractivity contribution in [3.8, 4) is 0 Å². The topological polar surface area (TPSA) is 43.9 Å². The van der Waals surface area contributed by atoms with E-state index in [2.05, 4.69) is 11.5 Å². The quantitative estimate of drug-likeness (QED) is 0.776. The Morgan fingerprint density at radius 1 is 1.23 bits per heavy atom. The highest BCUT2D eigenvalue weighted by Crippen LogP contribution is 2.28. The molecule has 2 aliphatic rings. The molecule has 0 radical (unpaired) electrons. The lowest BCUT2D eigenvalue weighted by Gasteiger charge is -2.32. The molecule has 5 nitrogen and oxygen atoms in total. The second-order valence-electron chi connectivity index (χ2n) is 6.82. The van der Waals surface area contributed by atoms with Crippen molar-refractivity contribution >= 4 is 17.9 Å². The van der Waals surface area contributed by atoms with E-state index in [0.717, 1.165) is 26.2 Å². The van der Waals surface area contributed by atoms with Crippen LogP contribution in [0.25, 0.3) is 6.08 Å². The Hall–Kier alpha value is -2.47. The molecule has 3 rings (SSSR count). The van der Waals surface area contributed by atoms with Gasteiger partial charge in [-0.05, 0) is 19.2 Å². The van der Waals surface area contributed by atoms with Crippen LogP contribution < -0.4 is 0 Å². The maximum absolute atomic E-state index is 13.8. The molecule has 0 bridgehead atoms. The Morgan fingerprint density at radius 2 is 1.92 bits per heavy atom. The number of nitrogens with zero attached hydrogens (tertiary/aromatic N) is 3. The molecule has 2 heterocycles. The first-order valence-electron chi connectivity index (χ1n) is 8.87. The number of carbonyl (C=O) groups is 2. The lowest BCUT2D eigenvalue weighted by atomic mass is 10.1. The first kappa shape index (κ1) is 18.3. The maximum Gasteiger partial charge on any atom is 0.254 e. The van der Waals surface area contributed by atoms with Crippen molar-refractivity contribution in [3.63, 3.8) is 0 Å². The average Bonchev–Trinajstić information content (AvgIpc) is 2.89. The Bertz CT molecular complexity index is 751. The number of amides is 2. The first-order chi connectivity index (χ1) is 12.5. The number of carbonyl (C=O) groups excluding carboxylic acids is 2. The maximum atomic E-state index is 13.8. The minimum absolute atomic E-state index is 0.0604. The van der Waals surface area contributed by atoms with Gasteiger partial charge in [0, 0.05) is 62.4 Å². The Morgan fingerprint density at radius 3 is 2.62 bits per heavy atom. The summed E-state index contributed by atoms with van der Waals surface area (Å²) >= 11 is 0. The van der Waals surface area contributed by atoms with Crippen LogP contribution in [0.4, 0.5) is 4.39 Å². The van der Waals surface area contributed by atoms with Gasteiger partial charge in [0.2, 0.25) is 5.91 Å². The van der Waals surface area contributed by atoms with Gasteiger partial charge >= 0.3 is 0 Å². The molecule has 0 spiro atoms. The summed E-state index contributed by atoms with van der Waals surface area (Å²) in [5, 5.41) is 0. The van der Waals surface area contributed by atoms with E-state index in [1.54, 1.807) is 29.2 Å². The zero-order valence-electron chi connectivity index (χ0n) is 15.1. The van der Waals surface area contributed by atoms with Crippen LogP contribution >= 0.6 is 0 Å². The number of benzene rings is 1. The number of likely N-dealkylation sites (tertiary alicyclic amines) is 1. The van der Waals surface area contributed by atoms with E-state index in [4.69, 9.17) is 0 Å². The van der Waals surface area contributed by atoms with Gasteiger partial charge in [-0.2, -0.15) is 0 Å². The minimum atomic E-state index is -0.359. The predicted octanol–water partition coefficient (Wildman–Crippen LogP) is 2.12. The van der Waals surface area contributed by atoms with Gasteiger partial charge in [-0.3, -0.25) is 9.59 Å². The van der Waals surface area contributed by atoms with E-state index in [1.165, 1.54) is 6.07 Å². The molecule has 6 heteroatoms. The van der Waals surface area contributed by atoms with Crippen molar-refractivity contribution in [2.75, 3.05) is 39.8 Å². The van der Waals surface area contributed by atoms with Crippen LogP contribution in [0.3, 0.4) is 0 Å². The molecule has 0 saturated carbocycles. The molecule has 1 aromatic carbocycles. The first-order valence-corrected chi connectivity index (χ1v) is 8.87. The van der Waals surface area contributed by atoms with Crippen LogP contribution in [0.2, 0.25) is 0 Å². The number of halogens is 1. The fourth-order valence-corrected chi connectivity index (χ4v) is 3.28. The third-order valence-corrected chi connectivity index (χ3v) is 4.94. The summed E-state index contributed by atoms with van der Waals surface area (Å²) in [5.74, 6) is -0.489. The molecular weight excluding hydrogens is 333 g/mol. The van der Waals surface area contributed by atoms with Crippen LogP contribution in [-0.2, 0) is 9.59 Å². The third kappa shape index (κ3) is 4.02. The largest absolute Gasteiger partial charge is 0.340 e. The van der Waals surface area contributed by atoms with Gasteiger partial charge in [0.25, 0.3) is 5.91 Å². The Kier molecular flexibility index (Phi) is 5.52. The van der Waals surface area contributed by atoms with Crippen molar-refractivity contribution < 1.29 is 14.0 Å². The fourth-order valence-electron chi connectivity index (χ4n) is 3.28. The van der Waals surface area contributed by atoms with Crippen molar-refractivity contribution in [1.82, 2.24) is 14.7 Å². The highest BCUT2D eigenvalue weighted by molar-refractivity contribution is 6.02. The van der Waals surface area contributed by atoms with Gasteiger partial charge in [0.05, 0.1) is 0 Å². The number of rotatable bonds is 4. The predicted molar refractivity (Wildman–Crippen MR) is 98.5 cm³/mol. The zero-order valence-corrected chi connectivity index (χ0v) is 15.1. The minimum Gasteiger partial charge on any atom is -0.340 e. The molecule has 0 atom stereocenters. The van der Waals surface area contributed by atoms with Crippen molar-refractivity contribution in [2.24, 2.45) is 0 Å². The monoisotopic (exact) mass is 357 g/mol. The summed E-state index contributed by atoms with van der Waals surface area (Å²) in [5.41, 5.74) is 1.55. The van der Waals surface area contributed by atoms with Crippen LogP contribution in [-0.4, -0.2) is 66.3 Å². The molecule has 2 aliphatic heterocycles. The highest BCUT2D eigenvalue weighted by Gasteiger charge is 2.30. The van der Waals surface area contributed by atoms with Crippen LogP contribution in [0, 0.1) is 5.82 Å². The van der Waals surface area contributed by atoms with Crippen LogP contribution in [0.15, 0.2) is 42.1 Å². The van der Waals surface area contributed by atoms with E-state index < -0.39 is 0 Å².